The van der Waals surface area contributed by atoms with E-state index in [1.165, 1.54) is 0 Å². The van der Waals surface area contributed by atoms with Crippen LogP contribution in [0.3, 0.4) is 0 Å². The molecule has 0 aromatic carbocycles. The van der Waals surface area contributed by atoms with Gasteiger partial charge in [0.05, 0.1) is 6.61 Å². The Bertz CT molecular complexity index is 409. The van der Waals surface area contributed by atoms with Crippen LogP contribution in [0.1, 0.15) is 27.2 Å². The Balaban J connectivity index is 0.00000484. The smallest absolute Gasteiger partial charge is 0.191 e. The van der Waals surface area contributed by atoms with E-state index in [4.69, 9.17) is 4.74 Å². The third kappa shape index (κ3) is 11.4. The minimum absolute atomic E-state index is 0. The molecule has 0 aliphatic rings. The zero-order valence-corrected chi connectivity index (χ0v) is 17.1. The summed E-state index contributed by atoms with van der Waals surface area (Å²) in [5.74, 6) is 1.99. The van der Waals surface area contributed by atoms with E-state index in [1.54, 1.807) is 13.2 Å². The molecule has 1 heterocycles. The zero-order chi connectivity index (χ0) is 16.2. The van der Waals surface area contributed by atoms with Crippen molar-refractivity contribution < 1.29 is 4.74 Å². The van der Waals surface area contributed by atoms with Gasteiger partial charge in [0.25, 0.3) is 0 Å². The van der Waals surface area contributed by atoms with Gasteiger partial charge in [-0.15, -0.1) is 24.0 Å². The van der Waals surface area contributed by atoms with Gasteiger partial charge in [0.1, 0.15) is 0 Å². The third-order valence-corrected chi connectivity index (χ3v) is 3.28. The van der Waals surface area contributed by atoms with Crippen molar-refractivity contribution in [2.45, 2.75) is 33.7 Å². The van der Waals surface area contributed by atoms with E-state index in [9.17, 15) is 0 Å². The molecule has 0 saturated carbocycles. The van der Waals surface area contributed by atoms with E-state index >= 15 is 0 Å². The van der Waals surface area contributed by atoms with Crippen molar-refractivity contribution in [3.05, 3.63) is 18.5 Å². The van der Waals surface area contributed by atoms with Gasteiger partial charge in [0.2, 0.25) is 0 Å². The molecular weight excluding hydrogens is 405 g/mol. The van der Waals surface area contributed by atoms with Gasteiger partial charge in [-0.05, 0) is 24.3 Å². The Morgan fingerprint density at radius 3 is 2.65 bits per heavy atom. The van der Waals surface area contributed by atoms with Gasteiger partial charge in [-0.1, -0.05) is 20.8 Å². The number of nitrogens with one attached hydrogen (secondary N) is 2. The number of rotatable bonds is 10. The predicted octanol–water partition coefficient (Wildman–Crippen LogP) is 2.36. The van der Waals surface area contributed by atoms with Crippen molar-refractivity contribution in [1.29, 1.82) is 0 Å². The number of hydrogen-bond acceptors (Lipinski definition) is 3. The first-order chi connectivity index (χ1) is 10.6. The summed E-state index contributed by atoms with van der Waals surface area (Å²) in [5, 5.41) is 10.8. The predicted molar refractivity (Wildman–Crippen MR) is 106 cm³/mol. The topological polar surface area (TPSA) is 63.5 Å². The molecule has 7 heteroatoms. The summed E-state index contributed by atoms with van der Waals surface area (Å²) < 4.78 is 7.53. The van der Waals surface area contributed by atoms with E-state index in [1.807, 2.05) is 16.9 Å². The summed E-state index contributed by atoms with van der Waals surface area (Å²) in [5.41, 5.74) is 0. The van der Waals surface area contributed by atoms with E-state index in [2.05, 4.69) is 41.5 Å². The van der Waals surface area contributed by atoms with Gasteiger partial charge in [-0.2, -0.15) is 5.10 Å². The fourth-order valence-electron chi connectivity index (χ4n) is 1.95. The lowest BCUT2D eigenvalue weighted by Gasteiger charge is -2.16. The number of aromatic nitrogens is 2. The van der Waals surface area contributed by atoms with Gasteiger partial charge in [-0.3, -0.25) is 9.67 Å². The lowest BCUT2D eigenvalue weighted by atomic mass is 10.1. The molecule has 2 N–H and O–H groups in total. The van der Waals surface area contributed by atoms with Crippen molar-refractivity contribution in [2.24, 2.45) is 16.8 Å². The van der Waals surface area contributed by atoms with Crippen LogP contribution in [-0.4, -0.2) is 49.1 Å². The van der Waals surface area contributed by atoms with Crippen LogP contribution < -0.4 is 10.6 Å². The van der Waals surface area contributed by atoms with Crippen LogP contribution in [0.15, 0.2) is 23.5 Å². The first-order valence-corrected chi connectivity index (χ1v) is 8.11. The highest BCUT2D eigenvalue weighted by Crippen LogP contribution is 1.98. The van der Waals surface area contributed by atoms with Crippen molar-refractivity contribution in [2.75, 3.05) is 33.4 Å². The normalized spacial score (nSPS) is 12.8. The molecule has 0 amide bonds. The standard InChI is InChI=1S/C16H31N5O.HI/c1-14(2)6-10-22-11-8-18-16(17-4)19-12-15(3)13-21-9-5-7-20-21;/h5,7,9,14-15H,6,8,10-13H2,1-4H3,(H2,17,18,19);1H. The summed E-state index contributed by atoms with van der Waals surface area (Å²) in [6.45, 7) is 10.7. The van der Waals surface area contributed by atoms with E-state index in [0.717, 1.165) is 38.6 Å². The number of halogens is 1. The largest absolute Gasteiger partial charge is 0.380 e. The molecule has 0 fully saturated rings. The lowest BCUT2D eigenvalue weighted by molar-refractivity contribution is 0.128. The second kappa shape index (κ2) is 13.6. The molecule has 0 saturated heterocycles. The van der Waals surface area contributed by atoms with Gasteiger partial charge in [0.15, 0.2) is 5.96 Å². The van der Waals surface area contributed by atoms with Gasteiger partial charge in [0, 0.05) is 45.7 Å². The summed E-state index contributed by atoms with van der Waals surface area (Å²) >= 11 is 0. The van der Waals surface area contributed by atoms with Crippen LogP contribution in [-0.2, 0) is 11.3 Å². The summed E-state index contributed by atoms with van der Waals surface area (Å²) in [6, 6.07) is 1.94. The minimum Gasteiger partial charge on any atom is -0.380 e. The minimum atomic E-state index is 0. The Kier molecular flexibility index (Phi) is 13.1. The molecule has 0 bridgehead atoms. The molecule has 1 unspecified atom stereocenters. The monoisotopic (exact) mass is 437 g/mol. The second-order valence-corrected chi connectivity index (χ2v) is 6.01. The average Bonchev–Trinajstić information content (AvgIpc) is 2.98. The maximum absolute atomic E-state index is 5.58. The molecule has 1 rings (SSSR count). The van der Waals surface area contributed by atoms with Crippen LogP contribution in [0.5, 0.6) is 0 Å². The fraction of sp³-hybridized carbons (Fsp3) is 0.750. The number of ether oxygens (including phenoxy) is 1. The first-order valence-electron chi connectivity index (χ1n) is 8.11. The Labute approximate surface area is 157 Å². The van der Waals surface area contributed by atoms with Crippen molar-refractivity contribution >= 4 is 29.9 Å². The molecule has 134 valence electrons. The Morgan fingerprint density at radius 1 is 1.26 bits per heavy atom. The summed E-state index contributed by atoms with van der Waals surface area (Å²) in [7, 11) is 1.78. The van der Waals surface area contributed by atoms with Crippen molar-refractivity contribution in [1.82, 2.24) is 20.4 Å². The molecule has 0 aliphatic heterocycles. The SMILES string of the molecule is CN=C(NCCOCCC(C)C)NCC(C)Cn1cccn1.I. The van der Waals surface area contributed by atoms with E-state index < -0.39 is 0 Å². The number of aliphatic imine (C=N–C) groups is 1. The van der Waals surface area contributed by atoms with Crippen LogP contribution in [0.25, 0.3) is 0 Å². The van der Waals surface area contributed by atoms with Gasteiger partial charge in [-0.25, -0.2) is 0 Å². The maximum atomic E-state index is 5.58. The first kappa shape index (κ1) is 22.2. The third-order valence-electron chi connectivity index (χ3n) is 3.28. The highest BCUT2D eigenvalue weighted by molar-refractivity contribution is 14.0. The Morgan fingerprint density at radius 2 is 2.04 bits per heavy atom. The van der Waals surface area contributed by atoms with Gasteiger partial charge < -0.3 is 15.4 Å². The van der Waals surface area contributed by atoms with Crippen LogP contribution in [0.4, 0.5) is 0 Å². The highest BCUT2D eigenvalue weighted by Gasteiger charge is 2.05. The molecule has 1 atom stereocenters. The zero-order valence-electron chi connectivity index (χ0n) is 14.8. The number of hydrogen-bond donors (Lipinski definition) is 2. The molecule has 1 aromatic heterocycles. The van der Waals surface area contributed by atoms with Crippen molar-refractivity contribution in [3.63, 3.8) is 0 Å². The van der Waals surface area contributed by atoms with Crippen LogP contribution in [0.2, 0.25) is 0 Å². The maximum Gasteiger partial charge on any atom is 0.191 e. The number of nitrogens with zero attached hydrogens (tertiary/aromatic N) is 3. The molecule has 1 aromatic rings. The van der Waals surface area contributed by atoms with E-state index in [-0.39, 0.29) is 24.0 Å². The lowest BCUT2D eigenvalue weighted by Crippen LogP contribution is -2.41. The molecule has 0 aliphatic carbocycles. The molecule has 6 nitrogen and oxygen atoms in total. The quantitative estimate of drug-likeness (QED) is 0.255. The fourth-order valence-corrected chi connectivity index (χ4v) is 1.95. The van der Waals surface area contributed by atoms with E-state index in [0.29, 0.717) is 18.4 Å². The molecule has 0 spiro atoms. The summed E-state index contributed by atoms with van der Waals surface area (Å²) in [6.07, 6.45) is 4.90. The molecule has 0 radical (unpaired) electrons. The van der Waals surface area contributed by atoms with Crippen LogP contribution >= 0.6 is 24.0 Å². The second-order valence-electron chi connectivity index (χ2n) is 6.01. The van der Waals surface area contributed by atoms with Crippen LogP contribution in [0, 0.1) is 11.8 Å². The Hall–Kier alpha value is -0.830. The molecular formula is C16H32IN5O. The van der Waals surface area contributed by atoms with Gasteiger partial charge >= 0.3 is 0 Å². The summed E-state index contributed by atoms with van der Waals surface area (Å²) in [4.78, 5) is 4.22. The number of guanidine groups is 1. The van der Waals surface area contributed by atoms with Crippen molar-refractivity contribution in [3.8, 4) is 0 Å². The molecule has 23 heavy (non-hydrogen) atoms. The average molecular weight is 437 g/mol. The highest BCUT2D eigenvalue weighted by atomic mass is 127.